The summed E-state index contributed by atoms with van der Waals surface area (Å²) in [4.78, 5) is 24.0. The second-order valence-corrected chi connectivity index (χ2v) is 2.66. The number of hydrogen-bond acceptors (Lipinski definition) is 5. The molecule has 0 bridgehead atoms. The van der Waals surface area contributed by atoms with E-state index in [2.05, 4.69) is 4.98 Å². The Morgan fingerprint density at radius 3 is 3.00 bits per heavy atom. The molecule has 0 spiro atoms. The normalized spacial score (nSPS) is 9.09. The lowest BCUT2D eigenvalue weighted by Crippen LogP contribution is -2.28. The van der Waals surface area contributed by atoms with E-state index < -0.39 is 6.09 Å². The second-order valence-electron chi connectivity index (χ2n) is 1.60. The number of carbonyl (C=O) groups is 2. The predicted molar refractivity (Wildman–Crippen MR) is 36.5 cm³/mol. The molecule has 0 unspecified atom stereocenters. The Kier molecular flexibility index (Phi) is 2.17. The molecule has 0 aliphatic rings. The molecule has 6 heteroatoms. The number of rotatable bonds is 2. The molecule has 0 atom stereocenters. The van der Waals surface area contributed by atoms with Crippen LogP contribution in [0.5, 0.6) is 0 Å². The van der Waals surface area contributed by atoms with E-state index in [-0.39, 0.29) is 5.13 Å². The van der Waals surface area contributed by atoms with Gasteiger partial charge >= 0.3 is 0 Å². The lowest BCUT2D eigenvalue weighted by molar-refractivity contribution is -0.242. The maximum absolute atomic E-state index is 10.1. The zero-order valence-electron chi connectivity index (χ0n) is 5.23. The van der Waals surface area contributed by atoms with Gasteiger partial charge in [-0.05, 0) is 0 Å². The van der Waals surface area contributed by atoms with Gasteiger partial charge in [-0.1, -0.05) is 11.3 Å². The summed E-state index contributed by atoms with van der Waals surface area (Å²) in [6.07, 6.45) is 0.443. The van der Waals surface area contributed by atoms with Gasteiger partial charge in [-0.25, -0.2) is 4.98 Å². The molecule has 0 fully saturated rings. The summed E-state index contributed by atoms with van der Waals surface area (Å²) < 4.78 is 0. The standard InChI is InChI=1S/C5H4N2O3S/c8-2-3-1-6-4(11-3)7-5(9)10/h1-2H,(H,6,7)(H,9,10)/p-1. The number of aldehydes is 1. The average Bonchev–Trinajstić information content (AvgIpc) is 2.34. The van der Waals surface area contributed by atoms with E-state index in [1.54, 1.807) is 0 Å². The van der Waals surface area contributed by atoms with Crippen LogP contribution in [0.25, 0.3) is 0 Å². The van der Waals surface area contributed by atoms with Gasteiger partial charge in [0.2, 0.25) is 0 Å². The molecule has 5 nitrogen and oxygen atoms in total. The Bertz CT molecular complexity index is 283. The van der Waals surface area contributed by atoms with E-state index in [4.69, 9.17) is 0 Å². The van der Waals surface area contributed by atoms with Crippen molar-refractivity contribution < 1.29 is 14.7 Å². The third kappa shape index (κ3) is 2.01. The van der Waals surface area contributed by atoms with Gasteiger partial charge in [0.25, 0.3) is 0 Å². The van der Waals surface area contributed by atoms with Crippen molar-refractivity contribution in [1.82, 2.24) is 4.98 Å². The van der Waals surface area contributed by atoms with Gasteiger partial charge in [0, 0.05) is 0 Å². The number of nitrogens with zero attached hydrogens (tertiary/aromatic N) is 1. The van der Waals surface area contributed by atoms with Gasteiger partial charge in [0.05, 0.1) is 11.1 Å². The van der Waals surface area contributed by atoms with Gasteiger partial charge in [-0.15, -0.1) is 0 Å². The minimum absolute atomic E-state index is 0.145. The van der Waals surface area contributed by atoms with Crippen molar-refractivity contribution in [2.45, 2.75) is 0 Å². The number of nitrogens with one attached hydrogen (secondary N) is 1. The maximum atomic E-state index is 10.1. The van der Waals surface area contributed by atoms with Crippen LogP contribution in [-0.4, -0.2) is 17.4 Å². The van der Waals surface area contributed by atoms with Crippen LogP contribution in [0.3, 0.4) is 0 Å². The summed E-state index contributed by atoms with van der Waals surface area (Å²) in [5, 5.41) is 12.0. The zero-order chi connectivity index (χ0) is 8.27. The molecule has 1 aromatic rings. The van der Waals surface area contributed by atoms with Gasteiger partial charge in [0.15, 0.2) is 11.4 Å². The highest BCUT2D eigenvalue weighted by molar-refractivity contribution is 7.17. The summed E-state index contributed by atoms with van der Waals surface area (Å²) >= 11 is 0.950. The number of aromatic nitrogens is 1. The molecular formula is C5H3N2O3S-. The third-order valence-electron chi connectivity index (χ3n) is 0.849. The van der Waals surface area contributed by atoms with E-state index in [1.807, 2.05) is 5.32 Å². The van der Waals surface area contributed by atoms with Crippen molar-refractivity contribution in [2.24, 2.45) is 0 Å². The van der Waals surface area contributed by atoms with Crippen molar-refractivity contribution in [3.8, 4) is 0 Å². The summed E-state index contributed by atoms with van der Waals surface area (Å²) in [6.45, 7) is 0. The summed E-state index contributed by atoms with van der Waals surface area (Å²) in [5.41, 5.74) is 0. The molecule has 11 heavy (non-hydrogen) atoms. The van der Waals surface area contributed by atoms with Crippen molar-refractivity contribution in [3.05, 3.63) is 11.1 Å². The molecule has 1 heterocycles. The fourth-order valence-electron chi connectivity index (χ4n) is 0.486. The van der Waals surface area contributed by atoms with Crippen LogP contribution in [-0.2, 0) is 0 Å². The predicted octanol–water partition coefficient (Wildman–Crippen LogP) is -0.289. The lowest BCUT2D eigenvalue weighted by Gasteiger charge is -1.99. The Balaban J connectivity index is 2.72. The number of anilines is 1. The maximum Gasteiger partial charge on any atom is 0.188 e. The average molecular weight is 171 g/mol. The smallest absolute Gasteiger partial charge is 0.188 e. The monoisotopic (exact) mass is 171 g/mol. The summed E-state index contributed by atoms with van der Waals surface area (Å²) in [5.74, 6) is 0. The van der Waals surface area contributed by atoms with E-state index >= 15 is 0 Å². The highest BCUT2D eigenvalue weighted by Gasteiger charge is 1.98. The second kappa shape index (κ2) is 3.11. The molecule has 0 aliphatic carbocycles. The molecule has 0 saturated heterocycles. The van der Waals surface area contributed by atoms with E-state index in [0.29, 0.717) is 11.2 Å². The highest BCUT2D eigenvalue weighted by Crippen LogP contribution is 2.14. The Morgan fingerprint density at radius 1 is 1.82 bits per heavy atom. The molecule has 0 saturated carbocycles. The molecule has 1 N–H and O–H groups in total. The number of hydrogen-bond donors (Lipinski definition) is 1. The first-order valence-electron chi connectivity index (χ1n) is 2.61. The zero-order valence-corrected chi connectivity index (χ0v) is 6.05. The SMILES string of the molecule is O=Cc1cnc(NC(=O)[O-])s1. The quantitative estimate of drug-likeness (QED) is 0.620. The van der Waals surface area contributed by atoms with Crippen LogP contribution < -0.4 is 10.4 Å². The first-order valence-corrected chi connectivity index (χ1v) is 3.43. The fraction of sp³-hybridized carbons (Fsp3) is 0. The molecule has 1 aromatic heterocycles. The van der Waals surface area contributed by atoms with E-state index in [0.717, 1.165) is 11.3 Å². The van der Waals surface area contributed by atoms with Crippen LogP contribution in [0.1, 0.15) is 9.67 Å². The minimum atomic E-state index is -1.43. The van der Waals surface area contributed by atoms with Crippen molar-refractivity contribution in [1.29, 1.82) is 0 Å². The third-order valence-corrected chi connectivity index (χ3v) is 1.69. The van der Waals surface area contributed by atoms with E-state index in [1.165, 1.54) is 6.20 Å². The van der Waals surface area contributed by atoms with Crippen LogP contribution in [0.15, 0.2) is 6.20 Å². The molecule has 0 radical (unpaired) electrons. The topological polar surface area (TPSA) is 82.1 Å². The summed E-state index contributed by atoms with van der Waals surface area (Å²) in [6, 6.07) is 0. The van der Waals surface area contributed by atoms with Gasteiger partial charge < -0.3 is 15.2 Å². The first kappa shape index (κ1) is 7.67. The molecule has 1 amide bonds. The Labute approximate surface area is 65.7 Å². The van der Waals surface area contributed by atoms with Gasteiger partial charge in [-0.2, -0.15) is 0 Å². The number of carboxylic acid groups (broad SMARTS) is 1. The minimum Gasteiger partial charge on any atom is -0.530 e. The number of carbonyl (C=O) groups excluding carboxylic acids is 2. The molecule has 1 rings (SSSR count). The molecule has 0 aromatic carbocycles. The summed E-state index contributed by atoms with van der Waals surface area (Å²) in [7, 11) is 0. The van der Waals surface area contributed by atoms with Crippen LogP contribution in [0, 0.1) is 0 Å². The lowest BCUT2D eigenvalue weighted by atomic mass is 10.6. The van der Waals surface area contributed by atoms with Crippen LogP contribution in [0.2, 0.25) is 0 Å². The number of amides is 1. The first-order chi connectivity index (χ1) is 5.22. The molecular weight excluding hydrogens is 168 g/mol. The fourth-order valence-corrected chi connectivity index (χ4v) is 1.10. The Hall–Kier alpha value is -1.43. The van der Waals surface area contributed by atoms with Crippen molar-refractivity contribution in [3.63, 3.8) is 0 Å². The van der Waals surface area contributed by atoms with Gasteiger partial charge in [0.1, 0.15) is 6.09 Å². The van der Waals surface area contributed by atoms with E-state index in [9.17, 15) is 14.7 Å². The van der Waals surface area contributed by atoms with Crippen molar-refractivity contribution in [2.75, 3.05) is 5.32 Å². The largest absolute Gasteiger partial charge is 0.530 e. The Morgan fingerprint density at radius 2 is 2.55 bits per heavy atom. The number of thiazole rings is 1. The van der Waals surface area contributed by atoms with Crippen molar-refractivity contribution >= 4 is 28.8 Å². The molecule has 0 aliphatic heterocycles. The highest BCUT2D eigenvalue weighted by atomic mass is 32.1. The van der Waals surface area contributed by atoms with Gasteiger partial charge in [-0.3, -0.25) is 4.79 Å². The van der Waals surface area contributed by atoms with Crippen LogP contribution >= 0.6 is 11.3 Å². The molecule has 58 valence electrons. The van der Waals surface area contributed by atoms with Crippen LogP contribution in [0.4, 0.5) is 9.93 Å².